The number of oxazole rings is 1. The third-order valence-electron chi connectivity index (χ3n) is 8.99. The van der Waals surface area contributed by atoms with Crippen LogP contribution in [0.25, 0.3) is 89.2 Å². The van der Waals surface area contributed by atoms with Gasteiger partial charge in [-0.2, -0.15) is 0 Å². The van der Waals surface area contributed by atoms with Crippen molar-refractivity contribution in [2.24, 2.45) is 0 Å². The molecule has 6 nitrogen and oxygen atoms in total. The number of para-hydroxylation sites is 5. The molecule has 6 aromatic carbocycles. The van der Waals surface area contributed by atoms with Gasteiger partial charge >= 0.3 is 0 Å². The van der Waals surface area contributed by atoms with Gasteiger partial charge in [0.1, 0.15) is 17.2 Å². The topological polar surface area (TPSA) is 61.7 Å². The van der Waals surface area contributed by atoms with E-state index in [4.69, 9.17) is 19.4 Å². The molecule has 0 amide bonds. The van der Waals surface area contributed by atoms with Crippen LogP contribution in [0.2, 0.25) is 0 Å². The predicted octanol–water partition coefficient (Wildman–Crippen LogP) is 10.1. The Morgan fingerprint density at radius 2 is 0.894 bits per heavy atom. The van der Waals surface area contributed by atoms with E-state index in [0.29, 0.717) is 17.3 Å². The lowest BCUT2D eigenvalue weighted by Crippen LogP contribution is -2.06. The second kappa shape index (κ2) is 9.99. The van der Waals surface area contributed by atoms with E-state index in [1.807, 2.05) is 48.5 Å². The van der Waals surface area contributed by atoms with E-state index in [9.17, 15) is 0 Å². The van der Waals surface area contributed by atoms with Crippen molar-refractivity contribution >= 4 is 54.7 Å². The summed E-state index contributed by atoms with van der Waals surface area (Å²) in [6, 6.07) is 52.0. The summed E-state index contributed by atoms with van der Waals surface area (Å²) in [5, 5.41) is 4.69. The minimum Gasteiger partial charge on any atom is -0.435 e. The third kappa shape index (κ3) is 3.88. The first-order chi connectivity index (χ1) is 23.3. The molecule has 47 heavy (non-hydrogen) atoms. The number of hydrogen-bond acceptors (Lipinski definition) is 4. The van der Waals surface area contributed by atoms with Gasteiger partial charge in [-0.25, -0.2) is 15.0 Å². The van der Waals surface area contributed by atoms with E-state index in [0.717, 1.165) is 50.3 Å². The van der Waals surface area contributed by atoms with Crippen molar-refractivity contribution in [3.8, 4) is 34.5 Å². The number of rotatable bonds is 4. The lowest BCUT2D eigenvalue weighted by Gasteiger charge is -2.14. The first kappa shape index (κ1) is 25.8. The molecule has 6 heteroatoms. The zero-order chi connectivity index (χ0) is 30.9. The second-order valence-corrected chi connectivity index (χ2v) is 11.7. The molecular formula is C41H25N5O. The number of hydrogen-bond donors (Lipinski definition) is 0. The predicted molar refractivity (Wildman–Crippen MR) is 189 cm³/mol. The van der Waals surface area contributed by atoms with Crippen LogP contribution in [0.4, 0.5) is 0 Å². The quantitative estimate of drug-likeness (QED) is 0.201. The van der Waals surface area contributed by atoms with Crippen molar-refractivity contribution in [2.45, 2.75) is 0 Å². The molecule has 4 heterocycles. The van der Waals surface area contributed by atoms with Crippen LogP contribution in [-0.2, 0) is 0 Å². The van der Waals surface area contributed by atoms with Crippen molar-refractivity contribution in [1.29, 1.82) is 0 Å². The highest BCUT2D eigenvalue weighted by atomic mass is 16.3. The van der Waals surface area contributed by atoms with Gasteiger partial charge in [-0.1, -0.05) is 97.1 Å². The fourth-order valence-electron chi connectivity index (χ4n) is 6.94. The monoisotopic (exact) mass is 603 g/mol. The first-order valence-corrected chi connectivity index (χ1v) is 15.6. The standard InChI is InChI=1S/C41H25N5O/c1-2-13-26(14-3-1)41-42-32-20-12-19-31(39(32)47-41)40-43-37(45-33-21-8-4-15-27(33)28-16-5-9-22-34(28)45)25-38(44-40)46-35-23-10-6-17-29(35)30-18-7-11-24-36(30)46/h1-25H. The van der Waals surface area contributed by atoms with Gasteiger partial charge < -0.3 is 4.42 Å². The Morgan fingerprint density at radius 3 is 1.40 bits per heavy atom. The van der Waals surface area contributed by atoms with E-state index in [-0.39, 0.29) is 0 Å². The summed E-state index contributed by atoms with van der Waals surface area (Å²) in [7, 11) is 0. The zero-order valence-corrected chi connectivity index (χ0v) is 25.1. The molecule has 0 unspecified atom stereocenters. The third-order valence-corrected chi connectivity index (χ3v) is 8.99. The van der Waals surface area contributed by atoms with Crippen LogP contribution in [0, 0.1) is 0 Å². The second-order valence-electron chi connectivity index (χ2n) is 11.7. The highest BCUT2D eigenvalue weighted by Crippen LogP contribution is 2.37. The van der Waals surface area contributed by atoms with Crippen molar-refractivity contribution < 1.29 is 4.42 Å². The fraction of sp³-hybridized carbons (Fsp3) is 0. The van der Waals surface area contributed by atoms with Crippen LogP contribution in [0.1, 0.15) is 0 Å². The molecule has 0 atom stereocenters. The highest BCUT2D eigenvalue weighted by molar-refractivity contribution is 6.10. The van der Waals surface area contributed by atoms with Gasteiger partial charge in [-0.05, 0) is 48.5 Å². The average molecular weight is 604 g/mol. The maximum atomic E-state index is 6.48. The van der Waals surface area contributed by atoms with Crippen LogP contribution in [-0.4, -0.2) is 24.1 Å². The Labute approximate surface area is 268 Å². The lowest BCUT2D eigenvalue weighted by atomic mass is 10.2. The van der Waals surface area contributed by atoms with Gasteiger partial charge in [-0.15, -0.1) is 0 Å². The minimum absolute atomic E-state index is 0.558. The fourth-order valence-corrected chi connectivity index (χ4v) is 6.94. The Bertz CT molecular complexity index is 2570. The van der Waals surface area contributed by atoms with E-state index in [1.165, 1.54) is 21.5 Å². The first-order valence-electron chi connectivity index (χ1n) is 15.6. The molecule has 10 rings (SSSR count). The van der Waals surface area contributed by atoms with Gasteiger partial charge in [0.15, 0.2) is 11.4 Å². The van der Waals surface area contributed by atoms with Crippen molar-refractivity contribution in [3.63, 3.8) is 0 Å². The van der Waals surface area contributed by atoms with E-state index < -0.39 is 0 Å². The normalized spacial score (nSPS) is 11.8. The molecule has 0 fully saturated rings. The molecule has 0 aliphatic heterocycles. The number of fused-ring (bicyclic) bond motifs is 7. The molecule has 4 aromatic heterocycles. The van der Waals surface area contributed by atoms with Gasteiger partial charge in [-0.3, -0.25) is 9.13 Å². The smallest absolute Gasteiger partial charge is 0.227 e. The van der Waals surface area contributed by atoms with E-state index in [2.05, 4.69) is 112 Å². The SMILES string of the molecule is c1ccc(-c2nc3cccc(-c4nc(-n5c6ccccc6c6ccccc65)cc(-n5c6ccccc6c6ccccc65)n4)c3o2)cc1. The Balaban J connectivity index is 1.31. The molecular weight excluding hydrogens is 578 g/mol. The summed E-state index contributed by atoms with van der Waals surface area (Å²) in [4.78, 5) is 15.4. The maximum absolute atomic E-state index is 6.48. The molecule has 0 aliphatic rings. The Hall–Kier alpha value is -6.53. The van der Waals surface area contributed by atoms with Crippen molar-refractivity contribution in [3.05, 3.63) is 152 Å². The van der Waals surface area contributed by atoms with Gasteiger partial charge in [0.05, 0.1) is 27.6 Å². The van der Waals surface area contributed by atoms with E-state index >= 15 is 0 Å². The van der Waals surface area contributed by atoms with Crippen LogP contribution < -0.4 is 0 Å². The summed E-state index contributed by atoms with van der Waals surface area (Å²) < 4.78 is 11.0. The Kier molecular flexibility index (Phi) is 5.48. The minimum atomic E-state index is 0.558. The molecule has 0 spiro atoms. The van der Waals surface area contributed by atoms with Crippen molar-refractivity contribution in [1.82, 2.24) is 24.1 Å². The molecule has 0 N–H and O–H groups in total. The Morgan fingerprint density at radius 1 is 0.426 bits per heavy atom. The van der Waals surface area contributed by atoms with Gasteiger partial charge in [0.2, 0.25) is 5.89 Å². The number of aromatic nitrogens is 5. The molecule has 0 saturated heterocycles. The molecule has 0 bridgehead atoms. The largest absolute Gasteiger partial charge is 0.435 e. The average Bonchev–Trinajstić information content (AvgIpc) is 3.82. The molecule has 0 aliphatic carbocycles. The van der Waals surface area contributed by atoms with Gasteiger partial charge in [0, 0.05) is 33.2 Å². The molecule has 0 saturated carbocycles. The summed E-state index contributed by atoms with van der Waals surface area (Å²) >= 11 is 0. The summed E-state index contributed by atoms with van der Waals surface area (Å²) in [6.45, 7) is 0. The van der Waals surface area contributed by atoms with E-state index in [1.54, 1.807) is 0 Å². The highest BCUT2D eigenvalue weighted by Gasteiger charge is 2.21. The number of nitrogens with zero attached hydrogens (tertiary/aromatic N) is 5. The summed E-state index contributed by atoms with van der Waals surface area (Å²) in [5.41, 5.74) is 7.42. The van der Waals surface area contributed by atoms with Crippen LogP contribution >= 0.6 is 0 Å². The number of benzene rings is 6. The van der Waals surface area contributed by atoms with Crippen LogP contribution in [0.5, 0.6) is 0 Å². The summed E-state index contributed by atoms with van der Waals surface area (Å²) in [6.07, 6.45) is 0. The van der Waals surface area contributed by atoms with Crippen molar-refractivity contribution in [2.75, 3.05) is 0 Å². The molecule has 0 radical (unpaired) electrons. The van der Waals surface area contributed by atoms with Crippen LogP contribution in [0.3, 0.4) is 0 Å². The summed E-state index contributed by atoms with van der Waals surface area (Å²) in [5.74, 6) is 2.66. The maximum Gasteiger partial charge on any atom is 0.227 e. The van der Waals surface area contributed by atoms with Gasteiger partial charge in [0.25, 0.3) is 0 Å². The van der Waals surface area contributed by atoms with Crippen LogP contribution in [0.15, 0.2) is 156 Å². The molecule has 10 aromatic rings. The zero-order valence-electron chi connectivity index (χ0n) is 25.1. The molecule has 220 valence electrons. The lowest BCUT2D eigenvalue weighted by molar-refractivity contribution is 0.620.